The summed E-state index contributed by atoms with van der Waals surface area (Å²) in [6, 6.07) is 4.60. The van der Waals surface area contributed by atoms with Crippen molar-refractivity contribution in [1.29, 1.82) is 0 Å². The molecule has 0 aromatic heterocycles. The Morgan fingerprint density at radius 3 is 2.68 bits per heavy atom. The Morgan fingerprint density at radius 1 is 1.32 bits per heavy atom. The molecular weight excluding hydrogens is 384 g/mol. The van der Waals surface area contributed by atoms with Gasteiger partial charge >= 0.3 is 0 Å². The molecule has 2 amide bonds. The molecule has 1 aromatic carbocycles. The first kappa shape index (κ1) is 19.6. The Kier molecular flexibility index (Phi) is 5.81. The van der Waals surface area contributed by atoms with Crippen LogP contribution in [0.5, 0.6) is 0 Å². The van der Waals surface area contributed by atoms with Crippen LogP contribution in [0, 0.1) is 10.1 Å². The number of rotatable bonds is 5. The zero-order valence-electron chi connectivity index (χ0n) is 14.9. The van der Waals surface area contributed by atoms with Crippen LogP contribution >= 0.6 is 12.2 Å². The quantitative estimate of drug-likeness (QED) is 0.197. The number of ether oxygens (including phenoxy) is 1. The second-order valence-electron chi connectivity index (χ2n) is 6.13. The van der Waals surface area contributed by atoms with E-state index in [1.165, 1.54) is 23.1 Å². The average Bonchev–Trinajstić information content (AvgIpc) is 2.69. The third-order valence-corrected chi connectivity index (χ3v) is 4.68. The number of carbonyl (C=O) groups excluding carboxylic acids is 2. The molecule has 3 rings (SSSR count). The van der Waals surface area contributed by atoms with E-state index in [-0.39, 0.29) is 22.9 Å². The summed E-state index contributed by atoms with van der Waals surface area (Å²) >= 11 is 5.00. The minimum absolute atomic E-state index is 0.000644. The molecule has 2 aliphatic heterocycles. The molecular formula is C18H18N4O5S. The van der Waals surface area contributed by atoms with Gasteiger partial charge in [-0.1, -0.05) is 12.1 Å². The molecule has 0 saturated carbocycles. The maximum atomic E-state index is 12.6. The highest BCUT2D eigenvalue weighted by atomic mass is 32.1. The number of thiocarbonyl (C=S) groups is 1. The largest absolute Gasteiger partial charge is 0.378 e. The Hall–Kier alpha value is -3.11. The number of hydrogen-bond acceptors (Lipinski definition) is 7. The standard InChI is InChI=1S/C18H18N4O5S/c1-2-5-21-17(24)13(16(23)19-18(21)28)10-12-3-4-14(15(11-12)22(25)26)20-6-8-27-9-7-20/h2-4,10-11H,1,5-9H2,(H,19,23,28)/b13-10+. The van der Waals surface area contributed by atoms with E-state index in [2.05, 4.69) is 11.9 Å². The molecule has 0 unspecified atom stereocenters. The van der Waals surface area contributed by atoms with Gasteiger partial charge < -0.3 is 9.64 Å². The monoisotopic (exact) mass is 402 g/mol. The van der Waals surface area contributed by atoms with Gasteiger partial charge in [0, 0.05) is 25.7 Å². The molecule has 0 spiro atoms. The van der Waals surface area contributed by atoms with Crippen molar-refractivity contribution in [1.82, 2.24) is 10.2 Å². The SMILES string of the molecule is C=CCN1C(=O)/C(=C/c2ccc(N3CCOCC3)c([N+](=O)[O-])c2)C(=O)NC1=S. The number of nitro benzene ring substituents is 1. The molecule has 0 bridgehead atoms. The van der Waals surface area contributed by atoms with Crippen LogP contribution in [-0.2, 0) is 14.3 Å². The lowest BCUT2D eigenvalue weighted by Gasteiger charge is -2.28. The van der Waals surface area contributed by atoms with E-state index in [0.29, 0.717) is 37.6 Å². The number of nitro groups is 1. The smallest absolute Gasteiger partial charge is 0.293 e. The molecule has 10 heteroatoms. The zero-order chi connectivity index (χ0) is 20.3. The Labute approximate surface area is 166 Å². The van der Waals surface area contributed by atoms with Crippen LogP contribution in [0.4, 0.5) is 11.4 Å². The van der Waals surface area contributed by atoms with Crippen LogP contribution in [0.1, 0.15) is 5.56 Å². The molecule has 2 heterocycles. The molecule has 2 saturated heterocycles. The molecule has 0 aliphatic carbocycles. The lowest BCUT2D eigenvalue weighted by atomic mass is 10.1. The Bertz CT molecular complexity index is 892. The maximum Gasteiger partial charge on any atom is 0.293 e. The van der Waals surface area contributed by atoms with Crippen molar-refractivity contribution in [2.45, 2.75) is 0 Å². The van der Waals surface area contributed by atoms with Crippen molar-refractivity contribution in [3.63, 3.8) is 0 Å². The fourth-order valence-corrected chi connectivity index (χ4v) is 3.25. The summed E-state index contributed by atoms with van der Waals surface area (Å²) in [5.74, 6) is -1.22. The first-order chi connectivity index (χ1) is 13.4. The van der Waals surface area contributed by atoms with E-state index in [0.717, 1.165) is 0 Å². The van der Waals surface area contributed by atoms with E-state index in [9.17, 15) is 19.7 Å². The lowest BCUT2D eigenvalue weighted by molar-refractivity contribution is -0.384. The Morgan fingerprint density at radius 2 is 2.04 bits per heavy atom. The number of nitrogens with one attached hydrogen (secondary N) is 1. The van der Waals surface area contributed by atoms with Crippen LogP contribution in [-0.4, -0.2) is 59.6 Å². The summed E-state index contributed by atoms with van der Waals surface area (Å²) < 4.78 is 5.28. The highest BCUT2D eigenvalue weighted by Crippen LogP contribution is 2.31. The highest BCUT2D eigenvalue weighted by molar-refractivity contribution is 7.80. The number of amides is 2. The number of morpholine rings is 1. The summed E-state index contributed by atoms with van der Waals surface area (Å²) in [6.07, 6.45) is 2.81. The van der Waals surface area contributed by atoms with Gasteiger partial charge in [-0.2, -0.15) is 0 Å². The molecule has 0 atom stereocenters. The van der Waals surface area contributed by atoms with Gasteiger partial charge in [-0.3, -0.25) is 29.9 Å². The topological polar surface area (TPSA) is 105 Å². The third kappa shape index (κ3) is 3.92. The highest BCUT2D eigenvalue weighted by Gasteiger charge is 2.33. The van der Waals surface area contributed by atoms with Crippen LogP contribution in [0.25, 0.3) is 6.08 Å². The van der Waals surface area contributed by atoms with Crippen LogP contribution < -0.4 is 10.2 Å². The first-order valence-corrected chi connectivity index (χ1v) is 8.94. The fourth-order valence-electron chi connectivity index (χ4n) is 3.00. The predicted octanol–water partition coefficient (Wildman–Crippen LogP) is 1.24. The molecule has 1 N–H and O–H groups in total. The summed E-state index contributed by atoms with van der Waals surface area (Å²) in [6.45, 7) is 5.80. The number of anilines is 1. The second-order valence-corrected chi connectivity index (χ2v) is 6.51. The van der Waals surface area contributed by atoms with E-state index < -0.39 is 16.7 Å². The average molecular weight is 402 g/mol. The summed E-state index contributed by atoms with van der Waals surface area (Å²) in [5, 5.41) is 14.0. The normalized spacial score (nSPS) is 19.0. The number of carbonyl (C=O) groups is 2. The van der Waals surface area contributed by atoms with Gasteiger partial charge in [0.25, 0.3) is 17.5 Å². The molecule has 1 aromatic rings. The van der Waals surface area contributed by atoms with Crippen molar-refractivity contribution in [3.8, 4) is 0 Å². The van der Waals surface area contributed by atoms with Crippen LogP contribution in [0.15, 0.2) is 36.4 Å². The number of benzene rings is 1. The minimum Gasteiger partial charge on any atom is -0.378 e. The molecule has 2 fully saturated rings. The van der Waals surface area contributed by atoms with Gasteiger partial charge in [-0.25, -0.2) is 0 Å². The maximum absolute atomic E-state index is 12.6. The molecule has 146 valence electrons. The van der Waals surface area contributed by atoms with Gasteiger partial charge in [0.2, 0.25) is 0 Å². The zero-order valence-corrected chi connectivity index (χ0v) is 15.7. The lowest BCUT2D eigenvalue weighted by Crippen LogP contribution is -2.53. The van der Waals surface area contributed by atoms with Crippen LogP contribution in [0.2, 0.25) is 0 Å². The van der Waals surface area contributed by atoms with Gasteiger partial charge in [0.05, 0.1) is 18.1 Å². The molecule has 28 heavy (non-hydrogen) atoms. The van der Waals surface area contributed by atoms with Crippen molar-refractivity contribution in [2.75, 3.05) is 37.7 Å². The summed E-state index contributed by atoms with van der Waals surface area (Å²) in [4.78, 5) is 38.9. The van der Waals surface area contributed by atoms with Crippen molar-refractivity contribution < 1.29 is 19.2 Å². The molecule has 9 nitrogen and oxygen atoms in total. The summed E-state index contributed by atoms with van der Waals surface area (Å²) in [5.41, 5.74) is 0.597. The fraction of sp³-hybridized carbons (Fsp3) is 0.278. The van der Waals surface area contributed by atoms with Crippen molar-refractivity contribution in [2.24, 2.45) is 0 Å². The van der Waals surface area contributed by atoms with E-state index in [4.69, 9.17) is 17.0 Å². The van der Waals surface area contributed by atoms with Crippen molar-refractivity contribution in [3.05, 3.63) is 52.1 Å². The van der Waals surface area contributed by atoms with E-state index in [1.807, 2.05) is 4.90 Å². The third-order valence-electron chi connectivity index (χ3n) is 4.36. The van der Waals surface area contributed by atoms with E-state index in [1.54, 1.807) is 12.1 Å². The van der Waals surface area contributed by atoms with Gasteiger partial charge in [0.15, 0.2) is 5.11 Å². The minimum atomic E-state index is -0.643. The van der Waals surface area contributed by atoms with Crippen molar-refractivity contribution >= 4 is 46.6 Å². The number of nitrogens with zero attached hydrogens (tertiary/aromatic N) is 3. The molecule has 0 radical (unpaired) electrons. The predicted molar refractivity (Wildman–Crippen MR) is 107 cm³/mol. The van der Waals surface area contributed by atoms with Gasteiger partial charge in [0.1, 0.15) is 11.3 Å². The number of hydrogen-bond donors (Lipinski definition) is 1. The summed E-state index contributed by atoms with van der Waals surface area (Å²) in [7, 11) is 0. The van der Waals surface area contributed by atoms with Gasteiger partial charge in [-0.05, 0) is 29.9 Å². The van der Waals surface area contributed by atoms with Gasteiger partial charge in [-0.15, -0.1) is 6.58 Å². The molecule has 2 aliphatic rings. The second kappa shape index (κ2) is 8.28. The van der Waals surface area contributed by atoms with E-state index >= 15 is 0 Å². The Balaban J connectivity index is 1.96. The first-order valence-electron chi connectivity index (χ1n) is 8.53. The van der Waals surface area contributed by atoms with Crippen LogP contribution in [0.3, 0.4) is 0 Å².